The molecule has 0 aliphatic heterocycles. The highest BCUT2D eigenvalue weighted by Gasteiger charge is 2.38. The fraction of sp³-hybridized carbons (Fsp3) is 0.643. The first-order valence-corrected chi connectivity index (χ1v) is 6.82. The zero-order valence-corrected chi connectivity index (χ0v) is 10.7. The topological polar surface area (TPSA) is 42.9 Å². The smallest absolute Gasteiger partial charge is 0.248 e. The van der Waals surface area contributed by atoms with Crippen LogP contribution in [0.3, 0.4) is 0 Å². The Morgan fingerprint density at radius 2 is 2.11 bits per heavy atom. The maximum absolute atomic E-state index is 13.4. The number of nitrogens with zero attached hydrogens (tertiary/aromatic N) is 2. The second kappa shape index (κ2) is 4.62. The number of carbonyl (C=O) groups excluding carboxylic acids is 1. The summed E-state index contributed by atoms with van der Waals surface area (Å²) in [5.74, 6) is -2.31. The predicted molar refractivity (Wildman–Crippen MR) is 65.5 cm³/mol. The Morgan fingerprint density at radius 3 is 2.89 bits per heavy atom. The van der Waals surface area contributed by atoms with E-state index in [0.29, 0.717) is 30.7 Å². The Bertz CT molecular complexity index is 516. The highest BCUT2D eigenvalue weighted by Crippen LogP contribution is 2.40. The van der Waals surface area contributed by atoms with Crippen LogP contribution >= 0.6 is 0 Å². The fourth-order valence-corrected chi connectivity index (χ4v) is 3.00. The van der Waals surface area contributed by atoms with E-state index in [2.05, 4.69) is 9.97 Å². The lowest BCUT2D eigenvalue weighted by molar-refractivity contribution is -0.0417. The Labute approximate surface area is 110 Å². The van der Waals surface area contributed by atoms with Gasteiger partial charge in [-0.3, -0.25) is 4.79 Å². The van der Waals surface area contributed by atoms with Crippen molar-refractivity contribution in [2.75, 3.05) is 0 Å². The third-order valence-electron chi connectivity index (χ3n) is 4.01. The average molecular weight is 266 g/mol. The van der Waals surface area contributed by atoms with Crippen molar-refractivity contribution in [3.8, 4) is 0 Å². The molecule has 3 nitrogen and oxygen atoms in total. The van der Waals surface area contributed by atoms with E-state index in [1.807, 2.05) is 0 Å². The molecule has 0 amide bonds. The van der Waals surface area contributed by atoms with Crippen molar-refractivity contribution in [2.45, 2.75) is 56.8 Å². The summed E-state index contributed by atoms with van der Waals surface area (Å²) < 4.78 is 26.9. The molecule has 1 heterocycles. The van der Waals surface area contributed by atoms with Crippen molar-refractivity contribution in [3.05, 3.63) is 23.3 Å². The van der Waals surface area contributed by atoms with E-state index in [4.69, 9.17) is 0 Å². The van der Waals surface area contributed by atoms with Crippen molar-refractivity contribution in [1.82, 2.24) is 9.97 Å². The SMILES string of the molecule is O=C1CCCc2nc(C3CCCC(F)(F)C3)ncc21. The van der Waals surface area contributed by atoms with Crippen LogP contribution in [0.5, 0.6) is 0 Å². The standard InChI is InChI=1S/C14H16F2N2O/c15-14(16)6-2-3-9(7-14)13-17-8-10-11(18-13)4-1-5-12(10)19/h8-9H,1-7H2. The number of rotatable bonds is 1. The lowest BCUT2D eigenvalue weighted by atomic mass is 9.85. The molecule has 5 heteroatoms. The number of ketones is 1. The largest absolute Gasteiger partial charge is 0.294 e. The first-order valence-electron chi connectivity index (χ1n) is 6.82. The van der Waals surface area contributed by atoms with Gasteiger partial charge in [0.05, 0.1) is 11.3 Å². The van der Waals surface area contributed by atoms with Crippen molar-refractivity contribution < 1.29 is 13.6 Å². The van der Waals surface area contributed by atoms with Gasteiger partial charge < -0.3 is 0 Å². The molecule has 1 aromatic heterocycles. The van der Waals surface area contributed by atoms with E-state index in [-0.39, 0.29) is 24.5 Å². The van der Waals surface area contributed by atoms with Gasteiger partial charge in [-0.15, -0.1) is 0 Å². The van der Waals surface area contributed by atoms with E-state index in [9.17, 15) is 13.6 Å². The van der Waals surface area contributed by atoms with Crippen LogP contribution in [0, 0.1) is 0 Å². The van der Waals surface area contributed by atoms with Gasteiger partial charge in [0.25, 0.3) is 0 Å². The van der Waals surface area contributed by atoms with Crippen LogP contribution in [0.1, 0.15) is 66.3 Å². The molecule has 19 heavy (non-hydrogen) atoms. The molecule has 0 aromatic carbocycles. The van der Waals surface area contributed by atoms with Crippen LogP contribution in [-0.4, -0.2) is 21.7 Å². The lowest BCUT2D eigenvalue weighted by Gasteiger charge is -2.28. The highest BCUT2D eigenvalue weighted by atomic mass is 19.3. The van der Waals surface area contributed by atoms with E-state index in [1.165, 1.54) is 6.20 Å². The molecule has 0 N–H and O–H groups in total. The number of carbonyl (C=O) groups is 1. The molecule has 1 fully saturated rings. The molecule has 1 aromatic rings. The summed E-state index contributed by atoms with van der Waals surface area (Å²) in [5, 5.41) is 0. The quantitative estimate of drug-likeness (QED) is 0.783. The van der Waals surface area contributed by atoms with Gasteiger partial charge in [-0.25, -0.2) is 18.7 Å². The third kappa shape index (κ3) is 2.51. The predicted octanol–water partition coefficient (Wildman–Crippen LogP) is 3.29. The summed E-state index contributed by atoms with van der Waals surface area (Å²) in [6.45, 7) is 0. The molecule has 1 unspecified atom stereocenters. The maximum Gasteiger partial charge on any atom is 0.248 e. The van der Waals surface area contributed by atoms with Crippen molar-refractivity contribution in [3.63, 3.8) is 0 Å². The molecule has 3 rings (SSSR count). The van der Waals surface area contributed by atoms with Crippen molar-refractivity contribution in [1.29, 1.82) is 0 Å². The Balaban J connectivity index is 1.88. The summed E-state index contributed by atoms with van der Waals surface area (Å²) in [5.41, 5.74) is 1.33. The molecule has 0 spiro atoms. The van der Waals surface area contributed by atoms with Gasteiger partial charge in [-0.2, -0.15) is 0 Å². The number of Topliss-reactive ketones (excluding diaryl/α,β-unsaturated/α-hetero) is 1. The highest BCUT2D eigenvalue weighted by molar-refractivity contribution is 5.97. The van der Waals surface area contributed by atoms with Gasteiger partial charge in [0.2, 0.25) is 5.92 Å². The number of aromatic nitrogens is 2. The summed E-state index contributed by atoms with van der Waals surface area (Å²) in [6.07, 6.45) is 4.64. The van der Waals surface area contributed by atoms with Crippen LogP contribution < -0.4 is 0 Å². The molecule has 2 aliphatic carbocycles. The van der Waals surface area contributed by atoms with Crippen LogP contribution in [-0.2, 0) is 6.42 Å². The van der Waals surface area contributed by atoms with Crippen molar-refractivity contribution >= 4 is 5.78 Å². The number of halogens is 2. The normalized spacial score (nSPS) is 26.0. The van der Waals surface area contributed by atoms with E-state index < -0.39 is 5.92 Å². The minimum atomic E-state index is -2.60. The maximum atomic E-state index is 13.4. The van der Waals surface area contributed by atoms with Crippen molar-refractivity contribution in [2.24, 2.45) is 0 Å². The minimum absolute atomic E-state index is 0.0348. The van der Waals surface area contributed by atoms with Gasteiger partial charge >= 0.3 is 0 Å². The Morgan fingerprint density at radius 1 is 1.26 bits per heavy atom. The van der Waals surface area contributed by atoms with Crippen LogP contribution in [0.4, 0.5) is 8.78 Å². The number of hydrogen-bond acceptors (Lipinski definition) is 3. The number of fused-ring (bicyclic) bond motifs is 1. The summed E-state index contributed by atoms with van der Waals surface area (Å²) in [4.78, 5) is 20.2. The third-order valence-corrected chi connectivity index (χ3v) is 4.01. The molecular formula is C14H16F2N2O. The van der Waals surface area contributed by atoms with Gasteiger partial charge in [-0.05, 0) is 25.7 Å². The molecular weight excluding hydrogens is 250 g/mol. The zero-order valence-electron chi connectivity index (χ0n) is 10.7. The monoisotopic (exact) mass is 266 g/mol. The summed E-state index contributed by atoms with van der Waals surface area (Å²) in [6, 6.07) is 0. The lowest BCUT2D eigenvalue weighted by Crippen LogP contribution is -2.26. The fourth-order valence-electron chi connectivity index (χ4n) is 3.00. The Kier molecular flexibility index (Phi) is 3.07. The van der Waals surface area contributed by atoms with Gasteiger partial charge in [0, 0.05) is 31.4 Å². The molecule has 0 radical (unpaired) electrons. The van der Waals surface area contributed by atoms with E-state index in [0.717, 1.165) is 18.5 Å². The van der Waals surface area contributed by atoms with Gasteiger partial charge in [-0.1, -0.05) is 0 Å². The second-order valence-electron chi connectivity index (χ2n) is 5.51. The minimum Gasteiger partial charge on any atom is -0.294 e. The molecule has 2 aliphatic rings. The van der Waals surface area contributed by atoms with E-state index >= 15 is 0 Å². The van der Waals surface area contributed by atoms with E-state index in [1.54, 1.807) is 0 Å². The van der Waals surface area contributed by atoms with Gasteiger partial charge in [0.15, 0.2) is 5.78 Å². The Hall–Kier alpha value is -1.39. The number of alkyl halides is 2. The molecule has 0 bridgehead atoms. The summed E-state index contributed by atoms with van der Waals surface area (Å²) >= 11 is 0. The number of hydrogen-bond donors (Lipinski definition) is 0. The first kappa shape index (κ1) is 12.6. The average Bonchev–Trinajstić information content (AvgIpc) is 2.37. The molecule has 0 saturated heterocycles. The molecule has 1 atom stereocenters. The first-order chi connectivity index (χ1) is 9.05. The molecule has 102 valence electrons. The molecule has 1 saturated carbocycles. The summed E-state index contributed by atoms with van der Waals surface area (Å²) in [7, 11) is 0. The second-order valence-corrected chi connectivity index (χ2v) is 5.51. The van der Waals surface area contributed by atoms with Crippen LogP contribution in [0.2, 0.25) is 0 Å². The number of aryl methyl sites for hydroxylation is 1. The zero-order chi connectivity index (χ0) is 13.5. The van der Waals surface area contributed by atoms with Gasteiger partial charge in [0.1, 0.15) is 5.82 Å². The van der Waals surface area contributed by atoms with Crippen LogP contribution in [0.15, 0.2) is 6.20 Å². The van der Waals surface area contributed by atoms with Crippen LogP contribution in [0.25, 0.3) is 0 Å².